The Hall–Kier alpha value is -1.69. The number of aliphatic carboxylic acids is 2. The minimum Gasteiger partial charge on any atom is -0.481 e. The number of rotatable bonds is 2. The molecule has 0 radical (unpaired) electrons. The number of carbonyl (C=O) groups is 3. The SMILES string of the molecule is CC1CCC2(C(=O)O)CCC3(C(=O)O)C(=CCC4C5(C)CCC(O)C(C)(C)C5CC(=O)C43C)C2C1C. The molecule has 0 aliphatic heterocycles. The van der Waals surface area contributed by atoms with Crippen molar-refractivity contribution in [2.75, 3.05) is 0 Å². The maximum absolute atomic E-state index is 14.3. The topological polar surface area (TPSA) is 112 Å². The quantitative estimate of drug-likeness (QED) is 0.442. The molecule has 4 fully saturated rings. The molecule has 0 spiro atoms. The highest BCUT2D eigenvalue weighted by molar-refractivity contribution is 5.96. The van der Waals surface area contributed by atoms with Gasteiger partial charge in [0.1, 0.15) is 11.2 Å². The minimum atomic E-state index is -1.38. The van der Waals surface area contributed by atoms with Crippen LogP contribution in [0.1, 0.15) is 92.9 Å². The predicted molar refractivity (Wildman–Crippen MR) is 135 cm³/mol. The highest BCUT2D eigenvalue weighted by atomic mass is 16.4. The van der Waals surface area contributed by atoms with Crippen molar-refractivity contribution >= 4 is 17.7 Å². The van der Waals surface area contributed by atoms with Gasteiger partial charge in [-0.3, -0.25) is 14.4 Å². The number of ketones is 1. The summed E-state index contributed by atoms with van der Waals surface area (Å²) in [6.45, 7) is 12.5. The molecule has 200 valence electrons. The highest BCUT2D eigenvalue weighted by Gasteiger charge is 2.75. The van der Waals surface area contributed by atoms with E-state index in [9.17, 15) is 29.7 Å². The van der Waals surface area contributed by atoms with Crippen LogP contribution in [0.4, 0.5) is 0 Å². The van der Waals surface area contributed by atoms with E-state index in [1.807, 2.05) is 6.92 Å². The monoisotopic (exact) mass is 500 g/mol. The number of hydrogen-bond acceptors (Lipinski definition) is 4. The number of Topliss-reactive ketones (excluding diaryl/α,β-unsaturated/α-hetero) is 1. The number of allylic oxidation sites excluding steroid dienone is 1. The van der Waals surface area contributed by atoms with Gasteiger partial charge in [0.05, 0.1) is 11.5 Å². The number of carbonyl (C=O) groups excluding carboxylic acids is 1. The molecule has 5 aliphatic carbocycles. The zero-order chi connectivity index (χ0) is 26.6. The molecule has 36 heavy (non-hydrogen) atoms. The van der Waals surface area contributed by atoms with Crippen LogP contribution in [0.15, 0.2) is 11.6 Å². The van der Waals surface area contributed by atoms with E-state index in [-0.39, 0.29) is 47.7 Å². The van der Waals surface area contributed by atoms with Crippen molar-refractivity contribution in [2.24, 2.45) is 56.7 Å². The van der Waals surface area contributed by atoms with Crippen LogP contribution in [0.5, 0.6) is 0 Å². The van der Waals surface area contributed by atoms with Crippen molar-refractivity contribution < 1.29 is 29.7 Å². The molecule has 6 heteroatoms. The van der Waals surface area contributed by atoms with Gasteiger partial charge in [-0.25, -0.2) is 0 Å². The summed E-state index contributed by atoms with van der Waals surface area (Å²) in [4.78, 5) is 40.7. The van der Waals surface area contributed by atoms with Gasteiger partial charge in [0.15, 0.2) is 0 Å². The fourth-order valence-electron chi connectivity index (χ4n) is 10.6. The minimum absolute atomic E-state index is 0.00974. The zero-order valence-electron chi connectivity index (χ0n) is 22.8. The van der Waals surface area contributed by atoms with Crippen LogP contribution in [0, 0.1) is 56.7 Å². The first kappa shape index (κ1) is 25.9. The lowest BCUT2D eigenvalue weighted by molar-refractivity contribution is -0.213. The Kier molecular flexibility index (Phi) is 5.53. The van der Waals surface area contributed by atoms with Gasteiger partial charge in [-0.05, 0) is 85.4 Å². The normalized spacial score (nSPS) is 51.6. The van der Waals surface area contributed by atoms with Crippen LogP contribution in [-0.2, 0) is 14.4 Å². The van der Waals surface area contributed by atoms with E-state index in [0.717, 1.165) is 18.4 Å². The first-order valence-electron chi connectivity index (χ1n) is 14.0. The molecule has 10 unspecified atom stereocenters. The van der Waals surface area contributed by atoms with Gasteiger partial charge < -0.3 is 15.3 Å². The van der Waals surface area contributed by atoms with Crippen LogP contribution in [0.3, 0.4) is 0 Å². The lowest BCUT2D eigenvalue weighted by Crippen LogP contribution is -2.70. The number of aliphatic hydroxyl groups is 1. The van der Waals surface area contributed by atoms with Crippen molar-refractivity contribution in [3.8, 4) is 0 Å². The van der Waals surface area contributed by atoms with Gasteiger partial charge >= 0.3 is 11.9 Å². The molecule has 3 N–H and O–H groups in total. The average molecular weight is 501 g/mol. The van der Waals surface area contributed by atoms with Gasteiger partial charge in [0.25, 0.3) is 0 Å². The molecule has 5 aliphatic rings. The Morgan fingerprint density at radius 2 is 1.58 bits per heavy atom. The first-order chi connectivity index (χ1) is 16.6. The lowest BCUT2D eigenvalue weighted by atomic mass is 9.32. The third-order valence-electron chi connectivity index (χ3n) is 13.1. The number of hydrogen-bond donors (Lipinski definition) is 3. The summed E-state index contributed by atoms with van der Waals surface area (Å²) >= 11 is 0. The molecule has 0 aromatic rings. The Morgan fingerprint density at radius 3 is 2.19 bits per heavy atom. The molecular weight excluding hydrogens is 456 g/mol. The van der Waals surface area contributed by atoms with E-state index in [4.69, 9.17) is 0 Å². The summed E-state index contributed by atoms with van der Waals surface area (Å²) in [5.41, 5.74) is -3.41. The Bertz CT molecular complexity index is 1040. The molecule has 6 nitrogen and oxygen atoms in total. The predicted octanol–water partition coefficient (Wildman–Crippen LogP) is 5.33. The largest absolute Gasteiger partial charge is 0.481 e. The second-order valence-corrected chi connectivity index (χ2v) is 14.2. The third kappa shape index (κ3) is 2.75. The summed E-state index contributed by atoms with van der Waals surface area (Å²) in [7, 11) is 0. The molecule has 0 heterocycles. The molecule has 0 aromatic heterocycles. The van der Waals surface area contributed by atoms with Crippen LogP contribution in [0.2, 0.25) is 0 Å². The summed E-state index contributed by atoms with van der Waals surface area (Å²) in [5, 5.41) is 32.4. The number of carboxylic acid groups (broad SMARTS) is 2. The van der Waals surface area contributed by atoms with Gasteiger partial charge in [-0.1, -0.05) is 53.2 Å². The second kappa shape index (κ2) is 7.68. The Balaban J connectivity index is 1.73. The van der Waals surface area contributed by atoms with Crippen LogP contribution in [-0.4, -0.2) is 39.1 Å². The van der Waals surface area contributed by atoms with Crippen molar-refractivity contribution in [1.29, 1.82) is 0 Å². The molecule has 0 bridgehead atoms. The maximum Gasteiger partial charge on any atom is 0.314 e. The average Bonchev–Trinajstić information content (AvgIpc) is 2.80. The third-order valence-corrected chi connectivity index (χ3v) is 13.1. The Labute approximate surface area is 214 Å². The van der Waals surface area contributed by atoms with E-state index < -0.39 is 39.7 Å². The summed E-state index contributed by atoms with van der Waals surface area (Å²) < 4.78 is 0. The number of aliphatic hydroxyl groups excluding tert-OH is 1. The standard InChI is InChI=1S/C30H44O6/c1-16-9-12-29(24(33)34)13-14-30(25(35)36)18(23(29)17(16)2)7-8-19-27(5)11-10-21(31)26(3,4)20(27)15-22(32)28(19,30)6/h7,16-17,19-21,23,31H,8-15H2,1-6H3,(H,33,34)(H,35,36). The first-order valence-corrected chi connectivity index (χ1v) is 14.0. The molecule has 0 aromatic carbocycles. The fourth-order valence-corrected chi connectivity index (χ4v) is 10.6. The van der Waals surface area contributed by atoms with Crippen LogP contribution >= 0.6 is 0 Å². The van der Waals surface area contributed by atoms with Gasteiger partial charge in [0, 0.05) is 11.8 Å². The highest BCUT2D eigenvalue weighted by Crippen LogP contribution is 2.75. The summed E-state index contributed by atoms with van der Waals surface area (Å²) in [5.74, 6) is -2.01. The van der Waals surface area contributed by atoms with Gasteiger partial charge in [-0.2, -0.15) is 0 Å². The van der Waals surface area contributed by atoms with E-state index in [1.165, 1.54) is 0 Å². The van der Waals surface area contributed by atoms with E-state index >= 15 is 0 Å². The smallest absolute Gasteiger partial charge is 0.314 e. The van der Waals surface area contributed by atoms with E-state index in [2.05, 4.69) is 40.7 Å². The van der Waals surface area contributed by atoms with Crippen molar-refractivity contribution in [1.82, 2.24) is 0 Å². The zero-order valence-corrected chi connectivity index (χ0v) is 22.8. The molecule has 0 saturated heterocycles. The van der Waals surface area contributed by atoms with Gasteiger partial charge in [-0.15, -0.1) is 0 Å². The summed E-state index contributed by atoms with van der Waals surface area (Å²) in [6, 6.07) is 0. The number of carboxylic acids is 2. The van der Waals surface area contributed by atoms with Crippen LogP contribution < -0.4 is 0 Å². The van der Waals surface area contributed by atoms with Crippen molar-refractivity contribution in [2.45, 2.75) is 99.0 Å². The molecule has 10 atom stereocenters. The van der Waals surface area contributed by atoms with Crippen molar-refractivity contribution in [3.63, 3.8) is 0 Å². The summed E-state index contributed by atoms with van der Waals surface area (Å²) in [6.07, 6.45) is 5.77. The molecule has 0 amide bonds. The van der Waals surface area contributed by atoms with E-state index in [1.54, 1.807) is 0 Å². The fraction of sp³-hybridized carbons (Fsp3) is 0.833. The molecular formula is C30H44O6. The molecule has 4 saturated carbocycles. The Morgan fingerprint density at radius 1 is 0.917 bits per heavy atom. The van der Waals surface area contributed by atoms with Crippen molar-refractivity contribution in [3.05, 3.63) is 11.6 Å². The van der Waals surface area contributed by atoms with Gasteiger partial charge in [0.2, 0.25) is 0 Å². The lowest BCUT2D eigenvalue weighted by Gasteiger charge is -2.69. The second-order valence-electron chi connectivity index (χ2n) is 14.2. The van der Waals surface area contributed by atoms with Crippen LogP contribution in [0.25, 0.3) is 0 Å². The molecule has 5 rings (SSSR count). The maximum atomic E-state index is 14.3. The number of fused-ring (bicyclic) bond motifs is 7. The van der Waals surface area contributed by atoms with E-state index in [0.29, 0.717) is 31.6 Å².